The lowest BCUT2D eigenvalue weighted by molar-refractivity contribution is 0.0421. The first-order valence-electron chi connectivity index (χ1n) is 10.2. The van der Waals surface area contributed by atoms with Crippen LogP contribution in [0.5, 0.6) is 0 Å². The number of pyridine rings is 1. The van der Waals surface area contributed by atoms with Crippen LogP contribution in [0.15, 0.2) is 48.5 Å². The molecule has 0 unspecified atom stereocenters. The Labute approximate surface area is 173 Å². The van der Waals surface area contributed by atoms with Gasteiger partial charge in [-0.25, -0.2) is 4.79 Å². The van der Waals surface area contributed by atoms with Gasteiger partial charge < -0.3 is 4.74 Å². The normalized spacial score (nSPS) is 15.3. The molecule has 150 valence electrons. The van der Waals surface area contributed by atoms with Gasteiger partial charge in [0.15, 0.2) is 0 Å². The van der Waals surface area contributed by atoms with Gasteiger partial charge in [-0.1, -0.05) is 30.3 Å². The van der Waals surface area contributed by atoms with Crippen molar-refractivity contribution in [2.24, 2.45) is 0 Å². The molecule has 0 fully saturated rings. The van der Waals surface area contributed by atoms with E-state index >= 15 is 0 Å². The monoisotopic (exact) mass is 400 g/mol. The molecule has 0 saturated carbocycles. The van der Waals surface area contributed by atoms with Crippen molar-refractivity contribution >= 4 is 28.7 Å². The lowest BCUT2D eigenvalue weighted by atomic mass is 9.90. The maximum atomic E-state index is 13.0. The van der Waals surface area contributed by atoms with Gasteiger partial charge in [-0.05, 0) is 49.4 Å². The van der Waals surface area contributed by atoms with Gasteiger partial charge in [0, 0.05) is 11.1 Å². The van der Waals surface area contributed by atoms with E-state index in [4.69, 9.17) is 9.72 Å². The highest BCUT2D eigenvalue weighted by Crippen LogP contribution is 2.30. The molecule has 0 bridgehead atoms. The number of nitrogens with zero attached hydrogens (tertiary/aromatic N) is 2. The van der Waals surface area contributed by atoms with Crippen LogP contribution in [0.3, 0.4) is 0 Å². The fourth-order valence-electron chi connectivity index (χ4n) is 4.35. The van der Waals surface area contributed by atoms with E-state index in [1.807, 2.05) is 24.3 Å². The molecule has 2 heterocycles. The number of aryl methyl sites for hydroxylation is 1. The lowest BCUT2D eigenvalue weighted by Crippen LogP contribution is -2.33. The molecule has 2 aliphatic rings. The number of carbonyl (C=O) groups excluding carboxylic acids is 3. The van der Waals surface area contributed by atoms with Crippen LogP contribution in [0.4, 0.5) is 0 Å². The smallest absolute Gasteiger partial charge is 0.339 e. The van der Waals surface area contributed by atoms with Gasteiger partial charge in [0.25, 0.3) is 11.8 Å². The molecule has 0 radical (unpaired) electrons. The summed E-state index contributed by atoms with van der Waals surface area (Å²) >= 11 is 0. The number of rotatable bonds is 4. The number of fused-ring (bicyclic) bond motifs is 3. The van der Waals surface area contributed by atoms with E-state index in [1.54, 1.807) is 24.3 Å². The molecule has 0 N–H and O–H groups in total. The summed E-state index contributed by atoms with van der Waals surface area (Å²) in [6.07, 6.45) is 3.74. The molecule has 3 aromatic rings. The molecule has 1 aliphatic carbocycles. The third kappa shape index (κ3) is 2.96. The molecule has 1 aromatic heterocycles. The summed E-state index contributed by atoms with van der Waals surface area (Å²) in [4.78, 5) is 43.9. The van der Waals surface area contributed by atoms with Gasteiger partial charge in [-0.2, -0.15) is 0 Å². The Morgan fingerprint density at radius 1 is 0.933 bits per heavy atom. The fraction of sp³-hybridized carbons (Fsp3) is 0.250. The molecular weight excluding hydrogens is 380 g/mol. The Bertz CT molecular complexity index is 1170. The minimum absolute atomic E-state index is 0.0310. The summed E-state index contributed by atoms with van der Waals surface area (Å²) in [6.45, 7) is -0.0149. The number of carbonyl (C=O) groups is 3. The van der Waals surface area contributed by atoms with Crippen molar-refractivity contribution in [2.75, 3.05) is 13.2 Å². The van der Waals surface area contributed by atoms with Crippen molar-refractivity contribution in [3.63, 3.8) is 0 Å². The van der Waals surface area contributed by atoms with Gasteiger partial charge in [-0.3, -0.25) is 19.5 Å². The summed E-state index contributed by atoms with van der Waals surface area (Å²) in [5, 5.41) is 0.781. The van der Waals surface area contributed by atoms with Crippen molar-refractivity contribution in [3.8, 4) is 0 Å². The van der Waals surface area contributed by atoms with E-state index in [1.165, 1.54) is 0 Å². The third-order valence-corrected chi connectivity index (χ3v) is 5.80. The van der Waals surface area contributed by atoms with E-state index in [0.717, 1.165) is 52.7 Å². The van der Waals surface area contributed by atoms with Gasteiger partial charge >= 0.3 is 5.97 Å². The number of imide groups is 1. The van der Waals surface area contributed by atoms with Gasteiger partial charge in [0.2, 0.25) is 0 Å². The van der Waals surface area contributed by atoms with Gasteiger partial charge in [0.1, 0.15) is 6.61 Å². The Kier molecular flexibility index (Phi) is 4.54. The first kappa shape index (κ1) is 18.5. The zero-order chi connectivity index (χ0) is 20.7. The topological polar surface area (TPSA) is 76.6 Å². The average molecular weight is 400 g/mol. The van der Waals surface area contributed by atoms with Crippen molar-refractivity contribution in [2.45, 2.75) is 25.7 Å². The van der Waals surface area contributed by atoms with E-state index in [0.29, 0.717) is 16.7 Å². The first-order chi connectivity index (χ1) is 14.6. The number of aromatic nitrogens is 1. The van der Waals surface area contributed by atoms with Crippen molar-refractivity contribution in [3.05, 3.63) is 76.5 Å². The second-order valence-corrected chi connectivity index (χ2v) is 7.58. The second-order valence-electron chi connectivity index (χ2n) is 7.58. The number of esters is 1. The molecule has 0 spiro atoms. The van der Waals surface area contributed by atoms with E-state index in [9.17, 15) is 14.4 Å². The number of benzene rings is 2. The zero-order valence-corrected chi connectivity index (χ0v) is 16.4. The average Bonchev–Trinajstić information content (AvgIpc) is 3.02. The minimum atomic E-state index is -0.427. The quantitative estimate of drug-likeness (QED) is 0.494. The molecule has 2 amide bonds. The number of amides is 2. The van der Waals surface area contributed by atoms with Gasteiger partial charge in [0.05, 0.1) is 28.8 Å². The van der Waals surface area contributed by atoms with E-state index in [-0.39, 0.29) is 25.0 Å². The summed E-state index contributed by atoms with van der Waals surface area (Å²) in [6, 6.07) is 14.3. The maximum absolute atomic E-state index is 13.0. The molecule has 1 aliphatic heterocycles. The molecule has 2 aromatic carbocycles. The summed E-state index contributed by atoms with van der Waals surface area (Å²) in [5.41, 5.74) is 4.06. The van der Waals surface area contributed by atoms with Crippen LogP contribution < -0.4 is 0 Å². The standard InChI is InChI=1S/C24H20N2O4/c27-22-15-7-1-2-8-16(15)23(28)26(22)13-14-30-24(29)21-17-9-3-5-11-19(17)25-20-12-6-4-10-18(20)21/h1-3,5,7-9,11H,4,6,10,12-14H2. The second kappa shape index (κ2) is 7.37. The number of hydrogen-bond acceptors (Lipinski definition) is 5. The fourth-order valence-corrected chi connectivity index (χ4v) is 4.35. The van der Waals surface area contributed by atoms with Crippen LogP contribution in [0.25, 0.3) is 10.9 Å². The molecule has 0 atom stereocenters. The Hall–Kier alpha value is -3.54. The number of ether oxygens (including phenoxy) is 1. The molecule has 0 saturated heterocycles. The summed E-state index contributed by atoms with van der Waals surface area (Å²) in [5.74, 6) is -1.12. The Morgan fingerprint density at radius 2 is 1.60 bits per heavy atom. The van der Waals surface area contributed by atoms with E-state index < -0.39 is 5.97 Å². The first-order valence-corrected chi connectivity index (χ1v) is 10.2. The molecule has 5 rings (SSSR count). The lowest BCUT2D eigenvalue weighted by Gasteiger charge is -2.20. The minimum Gasteiger partial charge on any atom is -0.460 e. The largest absolute Gasteiger partial charge is 0.460 e. The molecule has 30 heavy (non-hydrogen) atoms. The predicted octanol–water partition coefficient (Wildman–Crippen LogP) is 3.57. The third-order valence-electron chi connectivity index (χ3n) is 5.80. The van der Waals surface area contributed by atoms with Crippen molar-refractivity contribution < 1.29 is 19.1 Å². The Balaban J connectivity index is 1.36. The molecule has 6 heteroatoms. The van der Waals surface area contributed by atoms with E-state index in [2.05, 4.69) is 0 Å². The summed E-state index contributed by atoms with van der Waals surface area (Å²) < 4.78 is 5.55. The number of para-hydroxylation sites is 1. The van der Waals surface area contributed by atoms with Crippen molar-refractivity contribution in [1.82, 2.24) is 9.88 Å². The highest BCUT2D eigenvalue weighted by atomic mass is 16.5. The highest BCUT2D eigenvalue weighted by Gasteiger charge is 2.35. The van der Waals surface area contributed by atoms with Crippen LogP contribution in [-0.2, 0) is 17.6 Å². The number of hydrogen-bond donors (Lipinski definition) is 0. The molecular formula is C24H20N2O4. The van der Waals surface area contributed by atoms with Crippen LogP contribution in [0.1, 0.15) is 55.2 Å². The van der Waals surface area contributed by atoms with Crippen LogP contribution in [0, 0.1) is 0 Å². The predicted molar refractivity (Wildman–Crippen MR) is 110 cm³/mol. The molecule has 6 nitrogen and oxygen atoms in total. The maximum Gasteiger partial charge on any atom is 0.339 e. The van der Waals surface area contributed by atoms with Crippen LogP contribution >= 0.6 is 0 Å². The zero-order valence-electron chi connectivity index (χ0n) is 16.4. The van der Waals surface area contributed by atoms with Gasteiger partial charge in [-0.15, -0.1) is 0 Å². The SMILES string of the molecule is O=C(OCCN1C(=O)c2ccccc2C1=O)c1c2c(nc3ccccc13)CCCC2. The summed E-state index contributed by atoms with van der Waals surface area (Å²) in [7, 11) is 0. The highest BCUT2D eigenvalue weighted by molar-refractivity contribution is 6.21. The van der Waals surface area contributed by atoms with Crippen molar-refractivity contribution in [1.29, 1.82) is 0 Å². The Morgan fingerprint density at radius 3 is 2.37 bits per heavy atom. The van der Waals surface area contributed by atoms with Crippen LogP contribution in [0.2, 0.25) is 0 Å². The van der Waals surface area contributed by atoms with Crippen LogP contribution in [-0.4, -0.2) is 40.8 Å².